The predicted octanol–water partition coefficient (Wildman–Crippen LogP) is 3.84. The number of nitrogens with one attached hydrogen (secondary N) is 1. The van der Waals surface area contributed by atoms with E-state index < -0.39 is 40.5 Å². The zero-order valence-corrected chi connectivity index (χ0v) is 18.9. The van der Waals surface area contributed by atoms with Crippen LogP contribution in [0.25, 0.3) is 22.2 Å². The summed E-state index contributed by atoms with van der Waals surface area (Å²) in [5.74, 6) is -4.28. The largest absolute Gasteiger partial charge is 0.419 e. The second-order valence-corrected chi connectivity index (χ2v) is 8.46. The van der Waals surface area contributed by atoms with Gasteiger partial charge in [0.25, 0.3) is 5.56 Å². The fourth-order valence-corrected chi connectivity index (χ4v) is 4.32. The lowest BCUT2D eigenvalue weighted by Gasteiger charge is -2.11. The van der Waals surface area contributed by atoms with Gasteiger partial charge in [0.05, 0.1) is 28.6 Å². The zero-order chi connectivity index (χ0) is 25.7. The SMILES string of the molecule is Cn1c(=O)c2c(CC(=O)Nc3nc(-c4cc(F)c(F)c(C(F)(F)F)c4)cs3)cccc2n(C)c1=O. The number of benzene rings is 2. The molecule has 182 valence electrons. The van der Waals surface area contributed by atoms with Crippen molar-refractivity contribution in [2.45, 2.75) is 12.6 Å². The third-order valence-electron chi connectivity index (χ3n) is 5.31. The van der Waals surface area contributed by atoms with E-state index in [0.29, 0.717) is 23.2 Å². The molecule has 0 aliphatic heterocycles. The van der Waals surface area contributed by atoms with Gasteiger partial charge in [0, 0.05) is 25.0 Å². The Balaban J connectivity index is 1.61. The van der Waals surface area contributed by atoms with Gasteiger partial charge in [-0.3, -0.25) is 18.7 Å². The lowest BCUT2D eigenvalue weighted by molar-refractivity contribution is -0.140. The molecule has 0 atom stereocenters. The Morgan fingerprint density at radius 1 is 1.11 bits per heavy atom. The van der Waals surface area contributed by atoms with Crippen LogP contribution >= 0.6 is 11.3 Å². The van der Waals surface area contributed by atoms with Crippen LogP contribution in [0.5, 0.6) is 0 Å². The average molecular weight is 510 g/mol. The van der Waals surface area contributed by atoms with Crippen molar-refractivity contribution in [3.8, 4) is 11.3 Å². The summed E-state index contributed by atoms with van der Waals surface area (Å²) >= 11 is 0.869. The average Bonchev–Trinajstić information content (AvgIpc) is 3.25. The maximum atomic E-state index is 13.7. The van der Waals surface area contributed by atoms with Crippen LogP contribution in [-0.4, -0.2) is 20.0 Å². The van der Waals surface area contributed by atoms with E-state index in [9.17, 15) is 36.3 Å². The highest BCUT2D eigenvalue weighted by atomic mass is 32.1. The minimum absolute atomic E-state index is 0.00355. The van der Waals surface area contributed by atoms with Crippen molar-refractivity contribution in [2.24, 2.45) is 14.1 Å². The van der Waals surface area contributed by atoms with E-state index in [1.165, 1.54) is 24.0 Å². The lowest BCUT2D eigenvalue weighted by atomic mass is 10.1. The minimum Gasteiger partial charge on any atom is -0.302 e. The van der Waals surface area contributed by atoms with Crippen molar-refractivity contribution in [3.63, 3.8) is 0 Å². The van der Waals surface area contributed by atoms with Crippen LogP contribution in [0.15, 0.2) is 45.3 Å². The maximum absolute atomic E-state index is 13.7. The Labute approximate surface area is 197 Å². The van der Waals surface area contributed by atoms with Crippen LogP contribution in [-0.2, 0) is 31.5 Å². The number of amides is 1. The molecule has 13 heteroatoms. The first-order valence-electron chi connectivity index (χ1n) is 9.88. The molecular formula is C22H15F5N4O3S. The molecule has 0 spiro atoms. The molecule has 4 aromatic rings. The van der Waals surface area contributed by atoms with E-state index in [0.717, 1.165) is 15.9 Å². The number of aryl methyl sites for hydroxylation is 1. The molecule has 2 aromatic carbocycles. The number of thiazole rings is 1. The van der Waals surface area contributed by atoms with Crippen molar-refractivity contribution in [1.82, 2.24) is 14.1 Å². The van der Waals surface area contributed by atoms with Crippen molar-refractivity contribution in [2.75, 3.05) is 5.32 Å². The summed E-state index contributed by atoms with van der Waals surface area (Å²) in [4.78, 5) is 41.4. The third-order valence-corrected chi connectivity index (χ3v) is 6.07. The maximum Gasteiger partial charge on any atom is 0.419 e. The summed E-state index contributed by atoms with van der Waals surface area (Å²) in [6, 6.07) is 5.74. The number of hydrogen-bond acceptors (Lipinski definition) is 5. The lowest BCUT2D eigenvalue weighted by Crippen LogP contribution is -2.37. The van der Waals surface area contributed by atoms with Crippen LogP contribution in [0.3, 0.4) is 0 Å². The smallest absolute Gasteiger partial charge is 0.302 e. The predicted molar refractivity (Wildman–Crippen MR) is 119 cm³/mol. The van der Waals surface area contributed by atoms with Gasteiger partial charge in [-0.2, -0.15) is 13.2 Å². The monoisotopic (exact) mass is 510 g/mol. The highest BCUT2D eigenvalue weighted by molar-refractivity contribution is 7.14. The molecule has 1 N–H and O–H groups in total. The molecule has 2 heterocycles. The second-order valence-electron chi connectivity index (χ2n) is 7.60. The number of halogens is 5. The van der Waals surface area contributed by atoms with Crippen LogP contribution < -0.4 is 16.6 Å². The van der Waals surface area contributed by atoms with Crippen molar-refractivity contribution in [3.05, 3.63) is 79.3 Å². The molecule has 7 nitrogen and oxygen atoms in total. The zero-order valence-electron chi connectivity index (χ0n) is 18.0. The fourth-order valence-electron chi connectivity index (χ4n) is 3.59. The van der Waals surface area contributed by atoms with Gasteiger partial charge in [-0.1, -0.05) is 12.1 Å². The molecule has 0 fully saturated rings. The van der Waals surface area contributed by atoms with Gasteiger partial charge >= 0.3 is 11.9 Å². The highest BCUT2D eigenvalue weighted by Gasteiger charge is 2.36. The van der Waals surface area contributed by atoms with Gasteiger partial charge in [-0.25, -0.2) is 18.6 Å². The first-order valence-corrected chi connectivity index (χ1v) is 10.8. The third kappa shape index (κ3) is 4.46. The number of aromatic nitrogens is 3. The molecular weight excluding hydrogens is 495 g/mol. The van der Waals surface area contributed by atoms with Gasteiger partial charge < -0.3 is 5.32 Å². The number of rotatable bonds is 4. The van der Waals surface area contributed by atoms with Crippen LogP contribution in [0.1, 0.15) is 11.1 Å². The van der Waals surface area contributed by atoms with E-state index in [2.05, 4.69) is 10.3 Å². The standard InChI is InChI=1S/C22H15F5N4O3S/c1-30-15-5-3-4-10(17(15)19(33)31(2)21(30)34)8-16(32)29-20-28-14(9-35-20)11-6-12(22(25,26)27)18(24)13(23)7-11/h3-7,9H,8H2,1-2H3,(H,28,29,32). The highest BCUT2D eigenvalue weighted by Crippen LogP contribution is 2.36. The normalized spacial score (nSPS) is 11.7. The van der Waals surface area contributed by atoms with E-state index in [-0.39, 0.29) is 28.2 Å². The number of anilines is 1. The summed E-state index contributed by atoms with van der Waals surface area (Å²) in [5, 5.41) is 3.95. The number of hydrogen-bond donors (Lipinski definition) is 1. The van der Waals surface area contributed by atoms with Crippen LogP contribution in [0.4, 0.5) is 27.1 Å². The van der Waals surface area contributed by atoms with Crippen molar-refractivity contribution in [1.29, 1.82) is 0 Å². The first kappa shape index (κ1) is 24.3. The molecule has 0 saturated heterocycles. The molecule has 0 radical (unpaired) electrons. The quantitative estimate of drug-likeness (QED) is 0.423. The molecule has 0 unspecified atom stereocenters. The molecule has 4 rings (SSSR count). The van der Waals surface area contributed by atoms with E-state index in [4.69, 9.17) is 0 Å². The van der Waals surface area contributed by atoms with Gasteiger partial charge in [-0.15, -0.1) is 11.3 Å². The number of fused-ring (bicyclic) bond motifs is 1. The second kappa shape index (κ2) is 8.73. The van der Waals surface area contributed by atoms with Gasteiger partial charge in [0.15, 0.2) is 16.8 Å². The number of carbonyl (C=O) groups excluding carboxylic acids is 1. The van der Waals surface area contributed by atoms with E-state index in [1.807, 2.05) is 0 Å². The summed E-state index contributed by atoms with van der Waals surface area (Å²) in [5.41, 5.74) is -2.57. The number of nitrogens with zero attached hydrogens (tertiary/aromatic N) is 3. The molecule has 0 aliphatic carbocycles. The Hall–Kier alpha value is -3.87. The van der Waals surface area contributed by atoms with Gasteiger partial charge in [-0.05, 0) is 23.8 Å². The summed E-state index contributed by atoms with van der Waals surface area (Å²) in [6.07, 6.45) is -5.36. The van der Waals surface area contributed by atoms with Crippen molar-refractivity contribution < 1.29 is 26.7 Å². The van der Waals surface area contributed by atoms with E-state index in [1.54, 1.807) is 18.2 Å². The summed E-state index contributed by atoms with van der Waals surface area (Å²) in [6.45, 7) is 0. The van der Waals surface area contributed by atoms with Gasteiger partial charge in [0.1, 0.15) is 0 Å². The Morgan fingerprint density at radius 2 is 1.83 bits per heavy atom. The van der Waals surface area contributed by atoms with Gasteiger partial charge in [0.2, 0.25) is 5.91 Å². The first-order chi connectivity index (χ1) is 16.4. The molecule has 1 amide bonds. The molecule has 0 bridgehead atoms. The summed E-state index contributed by atoms with van der Waals surface area (Å²) in [7, 11) is 2.81. The fraction of sp³-hybridized carbons (Fsp3) is 0.182. The summed E-state index contributed by atoms with van der Waals surface area (Å²) < 4.78 is 68.5. The van der Waals surface area contributed by atoms with Crippen molar-refractivity contribution >= 4 is 33.3 Å². The number of carbonyl (C=O) groups is 1. The Morgan fingerprint density at radius 3 is 2.51 bits per heavy atom. The Kier molecular flexibility index (Phi) is 6.05. The Bertz CT molecular complexity index is 1600. The topological polar surface area (TPSA) is 86.0 Å². The molecule has 35 heavy (non-hydrogen) atoms. The molecule has 2 aromatic heterocycles. The number of alkyl halides is 3. The van der Waals surface area contributed by atoms with Crippen LogP contribution in [0.2, 0.25) is 0 Å². The minimum atomic E-state index is -5.10. The molecule has 0 aliphatic rings. The molecule has 0 saturated carbocycles. The van der Waals surface area contributed by atoms with E-state index >= 15 is 0 Å². The van der Waals surface area contributed by atoms with Crippen LogP contribution in [0, 0.1) is 11.6 Å².